The number of rotatable bonds is 2. The van der Waals surface area contributed by atoms with Crippen molar-refractivity contribution in [2.24, 2.45) is 5.73 Å². The Labute approximate surface area is 111 Å². The average molecular weight is 252 g/mol. The van der Waals surface area contributed by atoms with E-state index in [4.69, 9.17) is 5.73 Å². The number of H-pyrrole nitrogens is 1. The maximum Gasteiger partial charge on any atom is 0.145 e. The van der Waals surface area contributed by atoms with Crippen molar-refractivity contribution in [1.82, 2.24) is 15.0 Å². The monoisotopic (exact) mass is 252 g/mol. The molecule has 0 fully saturated rings. The van der Waals surface area contributed by atoms with Crippen LogP contribution in [0.25, 0.3) is 22.2 Å². The van der Waals surface area contributed by atoms with Crippen LogP contribution in [0, 0.1) is 6.92 Å². The zero-order chi connectivity index (χ0) is 13.4. The standard InChI is InChI=1S/C15H16N4/c1-9-7-14(19-15(18-9)10(2)16)12-8-17-13-6-4-3-5-11(12)13/h3-8,10,17H,16H2,1-2H3. The summed E-state index contributed by atoms with van der Waals surface area (Å²) in [4.78, 5) is 12.2. The van der Waals surface area contributed by atoms with Gasteiger partial charge in [0, 0.05) is 28.4 Å². The third kappa shape index (κ3) is 2.11. The van der Waals surface area contributed by atoms with E-state index in [1.165, 1.54) is 0 Å². The van der Waals surface area contributed by atoms with Gasteiger partial charge in [0.05, 0.1) is 11.7 Å². The van der Waals surface area contributed by atoms with Gasteiger partial charge in [0.15, 0.2) is 0 Å². The van der Waals surface area contributed by atoms with E-state index in [0.717, 1.165) is 27.9 Å². The van der Waals surface area contributed by atoms with Crippen molar-refractivity contribution in [2.75, 3.05) is 0 Å². The first-order chi connectivity index (χ1) is 9.15. The second-order valence-corrected chi connectivity index (χ2v) is 4.79. The summed E-state index contributed by atoms with van der Waals surface area (Å²) in [5, 5.41) is 1.16. The minimum atomic E-state index is -0.163. The lowest BCUT2D eigenvalue weighted by Gasteiger charge is -2.07. The number of nitrogens with one attached hydrogen (secondary N) is 1. The molecule has 0 saturated carbocycles. The van der Waals surface area contributed by atoms with E-state index in [0.29, 0.717) is 5.82 Å². The van der Waals surface area contributed by atoms with Gasteiger partial charge in [-0.05, 0) is 26.0 Å². The molecule has 3 aromatic rings. The summed E-state index contributed by atoms with van der Waals surface area (Å²) < 4.78 is 0. The first-order valence-electron chi connectivity index (χ1n) is 6.33. The highest BCUT2D eigenvalue weighted by Crippen LogP contribution is 2.27. The van der Waals surface area contributed by atoms with Crippen molar-refractivity contribution in [3.05, 3.63) is 48.0 Å². The maximum atomic E-state index is 5.88. The molecule has 1 unspecified atom stereocenters. The van der Waals surface area contributed by atoms with Gasteiger partial charge in [-0.25, -0.2) is 9.97 Å². The van der Waals surface area contributed by atoms with Crippen LogP contribution in [-0.4, -0.2) is 15.0 Å². The van der Waals surface area contributed by atoms with E-state index in [9.17, 15) is 0 Å². The summed E-state index contributed by atoms with van der Waals surface area (Å²) in [6.07, 6.45) is 1.98. The average Bonchev–Trinajstić information content (AvgIpc) is 2.81. The van der Waals surface area contributed by atoms with Gasteiger partial charge in [0.1, 0.15) is 5.82 Å². The van der Waals surface area contributed by atoms with Crippen molar-refractivity contribution in [3.63, 3.8) is 0 Å². The van der Waals surface area contributed by atoms with Crippen LogP contribution in [-0.2, 0) is 0 Å². The molecule has 4 heteroatoms. The number of para-hydroxylation sites is 1. The zero-order valence-electron chi connectivity index (χ0n) is 11.0. The summed E-state index contributed by atoms with van der Waals surface area (Å²) in [5.41, 5.74) is 9.93. The van der Waals surface area contributed by atoms with Crippen LogP contribution in [0.4, 0.5) is 0 Å². The van der Waals surface area contributed by atoms with Gasteiger partial charge >= 0.3 is 0 Å². The van der Waals surface area contributed by atoms with Gasteiger partial charge in [-0.15, -0.1) is 0 Å². The smallest absolute Gasteiger partial charge is 0.145 e. The van der Waals surface area contributed by atoms with Crippen molar-refractivity contribution >= 4 is 10.9 Å². The van der Waals surface area contributed by atoms with E-state index in [-0.39, 0.29) is 6.04 Å². The summed E-state index contributed by atoms with van der Waals surface area (Å²) in [5.74, 6) is 0.681. The van der Waals surface area contributed by atoms with Crippen LogP contribution in [0.3, 0.4) is 0 Å². The molecule has 0 spiro atoms. The molecule has 0 aliphatic heterocycles. The first kappa shape index (κ1) is 11.9. The minimum absolute atomic E-state index is 0.163. The highest BCUT2D eigenvalue weighted by atomic mass is 14.9. The normalized spacial score (nSPS) is 12.8. The van der Waals surface area contributed by atoms with Gasteiger partial charge in [-0.2, -0.15) is 0 Å². The number of hydrogen-bond acceptors (Lipinski definition) is 3. The number of aromatic amines is 1. The summed E-state index contributed by atoms with van der Waals surface area (Å²) >= 11 is 0. The molecule has 0 saturated heterocycles. The highest BCUT2D eigenvalue weighted by molar-refractivity contribution is 5.94. The van der Waals surface area contributed by atoms with Crippen LogP contribution in [0.2, 0.25) is 0 Å². The molecular weight excluding hydrogens is 236 g/mol. The number of aryl methyl sites for hydroxylation is 1. The van der Waals surface area contributed by atoms with Crippen LogP contribution in [0.15, 0.2) is 36.5 Å². The molecule has 2 heterocycles. The molecule has 0 amide bonds. The molecule has 1 aromatic carbocycles. The van der Waals surface area contributed by atoms with Gasteiger partial charge in [0.25, 0.3) is 0 Å². The Balaban J connectivity index is 2.21. The topological polar surface area (TPSA) is 67.6 Å². The SMILES string of the molecule is Cc1cc(-c2c[nH]c3ccccc23)nc(C(C)N)n1. The Bertz CT molecular complexity index is 728. The fourth-order valence-corrected chi connectivity index (χ4v) is 2.22. The lowest BCUT2D eigenvalue weighted by molar-refractivity contribution is 0.735. The molecule has 96 valence electrons. The number of nitrogens with two attached hydrogens (primary N) is 1. The van der Waals surface area contributed by atoms with Gasteiger partial charge in [-0.3, -0.25) is 0 Å². The largest absolute Gasteiger partial charge is 0.360 e. The zero-order valence-corrected chi connectivity index (χ0v) is 11.0. The number of nitrogens with zero attached hydrogens (tertiary/aromatic N) is 2. The highest BCUT2D eigenvalue weighted by Gasteiger charge is 2.11. The van der Waals surface area contributed by atoms with Gasteiger partial charge in [-0.1, -0.05) is 18.2 Å². The fraction of sp³-hybridized carbons (Fsp3) is 0.200. The molecule has 3 N–H and O–H groups in total. The maximum absolute atomic E-state index is 5.88. The Kier molecular flexibility index (Phi) is 2.80. The van der Waals surface area contributed by atoms with E-state index >= 15 is 0 Å². The lowest BCUT2D eigenvalue weighted by Crippen LogP contribution is -2.11. The molecule has 3 rings (SSSR count). The lowest BCUT2D eigenvalue weighted by atomic mass is 10.1. The molecular formula is C15H16N4. The Hall–Kier alpha value is -2.20. The van der Waals surface area contributed by atoms with Crippen molar-refractivity contribution < 1.29 is 0 Å². The Morgan fingerprint density at radius 2 is 2.00 bits per heavy atom. The van der Waals surface area contributed by atoms with Crippen molar-refractivity contribution in [2.45, 2.75) is 19.9 Å². The number of aromatic nitrogens is 3. The van der Waals surface area contributed by atoms with E-state index in [2.05, 4.69) is 27.1 Å². The molecule has 0 aliphatic carbocycles. The number of hydrogen-bond donors (Lipinski definition) is 2. The predicted molar refractivity (Wildman–Crippen MR) is 76.7 cm³/mol. The summed E-state index contributed by atoms with van der Waals surface area (Å²) in [7, 11) is 0. The molecule has 19 heavy (non-hydrogen) atoms. The Morgan fingerprint density at radius 1 is 1.21 bits per heavy atom. The van der Waals surface area contributed by atoms with Gasteiger partial charge < -0.3 is 10.7 Å². The van der Waals surface area contributed by atoms with E-state index in [1.807, 2.05) is 38.2 Å². The molecule has 2 aromatic heterocycles. The Morgan fingerprint density at radius 3 is 2.79 bits per heavy atom. The number of fused-ring (bicyclic) bond motifs is 1. The van der Waals surface area contributed by atoms with E-state index in [1.54, 1.807) is 0 Å². The van der Waals surface area contributed by atoms with Crippen LogP contribution < -0.4 is 5.73 Å². The van der Waals surface area contributed by atoms with Crippen LogP contribution in [0.5, 0.6) is 0 Å². The quantitative estimate of drug-likeness (QED) is 0.736. The third-order valence-corrected chi connectivity index (χ3v) is 3.14. The fourth-order valence-electron chi connectivity index (χ4n) is 2.22. The summed E-state index contributed by atoms with van der Waals surface area (Å²) in [6.45, 7) is 3.86. The molecule has 4 nitrogen and oxygen atoms in total. The molecule has 0 bridgehead atoms. The van der Waals surface area contributed by atoms with Crippen LogP contribution >= 0.6 is 0 Å². The minimum Gasteiger partial charge on any atom is -0.360 e. The molecule has 1 atom stereocenters. The number of benzene rings is 1. The molecule has 0 radical (unpaired) electrons. The van der Waals surface area contributed by atoms with Crippen LogP contribution in [0.1, 0.15) is 24.5 Å². The summed E-state index contributed by atoms with van der Waals surface area (Å²) in [6, 6.07) is 10.0. The third-order valence-electron chi connectivity index (χ3n) is 3.14. The second kappa shape index (κ2) is 4.48. The van der Waals surface area contributed by atoms with E-state index < -0.39 is 0 Å². The predicted octanol–water partition coefficient (Wildman–Crippen LogP) is 2.95. The molecule has 0 aliphatic rings. The van der Waals surface area contributed by atoms with Gasteiger partial charge in [0.2, 0.25) is 0 Å². The second-order valence-electron chi connectivity index (χ2n) is 4.79. The van der Waals surface area contributed by atoms with Crippen molar-refractivity contribution in [1.29, 1.82) is 0 Å². The first-order valence-corrected chi connectivity index (χ1v) is 6.33. The van der Waals surface area contributed by atoms with Crippen molar-refractivity contribution in [3.8, 4) is 11.3 Å².